The molecule has 0 spiro atoms. The number of carbonyl (C=O) groups excluding carboxylic acids is 4. The summed E-state index contributed by atoms with van der Waals surface area (Å²) < 4.78 is 22.1. The number of rotatable bonds is 11. The van der Waals surface area contributed by atoms with Crippen LogP contribution < -0.4 is 34.5 Å². The highest BCUT2D eigenvalue weighted by molar-refractivity contribution is 6.39. The molecule has 44 heavy (non-hydrogen) atoms. The van der Waals surface area contributed by atoms with Gasteiger partial charge in [0.15, 0.2) is 29.6 Å². The minimum Gasteiger partial charge on any atom is -0.493 e. The second-order valence-corrected chi connectivity index (χ2v) is 10.2. The number of nitrogens with zero attached hydrogens (tertiary/aromatic N) is 1. The van der Waals surface area contributed by atoms with E-state index in [9.17, 15) is 19.2 Å². The number of hydrogen-bond acceptors (Lipinski definition) is 8. The molecule has 1 fully saturated rings. The number of methoxy groups -OCH3 is 2. The van der Waals surface area contributed by atoms with Crippen molar-refractivity contribution in [3.05, 3.63) is 75.8 Å². The van der Waals surface area contributed by atoms with Crippen molar-refractivity contribution in [1.82, 2.24) is 5.32 Å². The van der Waals surface area contributed by atoms with Gasteiger partial charge in [-0.2, -0.15) is 0 Å². The lowest BCUT2D eigenvalue weighted by molar-refractivity contribution is -0.122. The molecule has 0 bridgehead atoms. The molecule has 0 unspecified atom stereocenters. The van der Waals surface area contributed by atoms with Crippen LogP contribution >= 0.6 is 11.6 Å². The normalized spacial score (nSPS) is 13.9. The van der Waals surface area contributed by atoms with Gasteiger partial charge in [-0.15, -0.1) is 0 Å². The monoisotopic (exact) mass is 621 g/mol. The number of amides is 5. The molecule has 0 radical (unpaired) electrons. The summed E-state index contributed by atoms with van der Waals surface area (Å²) in [5.41, 5.74) is 2.80. The van der Waals surface area contributed by atoms with E-state index in [1.54, 1.807) is 12.1 Å². The molecule has 1 heterocycles. The first-order valence-electron chi connectivity index (χ1n) is 13.7. The first-order chi connectivity index (χ1) is 21.1. The molecule has 3 aromatic carbocycles. The Morgan fingerprint density at radius 2 is 1.73 bits per heavy atom. The third kappa shape index (κ3) is 6.95. The first-order valence-corrected chi connectivity index (χ1v) is 14.0. The maximum absolute atomic E-state index is 13.5. The van der Waals surface area contributed by atoms with E-state index in [1.165, 1.54) is 44.6 Å². The fraction of sp³-hybridized carbons (Fsp3) is 0.250. The maximum Gasteiger partial charge on any atom is 0.335 e. The lowest BCUT2D eigenvalue weighted by Crippen LogP contribution is -2.54. The van der Waals surface area contributed by atoms with Crippen molar-refractivity contribution < 1.29 is 38.1 Å². The van der Waals surface area contributed by atoms with E-state index in [0.717, 1.165) is 22.4 Å². The standard InChI is InChI=1S/C32H32ClN3O8/c1-6-12-43-25-11-10-21(16-26(25)41-4)36-31(39)22(30(38)35-32(36)40)13-20-14-23(33)29(27(15-20)42-5)44-17-28(37)34-24-9-7-8-18(2)19(24)3/h7-11,13-16H,6,12,17H2,1-5H3,(H,34,37)(H,35,38,40)/b22-13-. The molecule has 1 aliphatic heterocycles. The van der Waals surface area contributed by atoms with Crippen molar-refractivity contribution in [2.75, 3.05) is 37.7 Å². The van der Waals surface area contributed by atoms with Crippen LogP contribution in [-0.4, -0.2) is 51.2 Å². The molecule has 0 atom stereocenters. The van der Waals surface area contributed by atoms with Crippen LogP contribution in [0.2, 0.25) is 5.02 Å². The Labute approximate surface area is 259 Å². The number of urea groups is 1. The van der Waals surface area contributed by atoms with Gasteiger partial charge in [-0.05, 0) is 73.4 Å². The van der Waals surface area contributed by atoms with Gasteiger partial charge < -0.3 is 24.3 Å². The van der Waals surface area contributed by atoms with E-state index in [2.05, 4.69) is 10.6 Å². The summed E-state index contributed by atoms with van der Waals surface area (Å²) in [6.45, 7) is 5.91. The number of benzene rings is 3. The Hall–Kier alpha value is -5.03. The van der Waals surface area contributed by atoms with Gasteiger partial charge in [-0.1, -0.05) is 30.7 Å². The topological polar surface area (TPSA) is 132 Å². The highest BCUT2D eigenvalue weighted by atomic mass is 35.5. The summed E-state index contributed by atoms with van der Waals surface area (Å²) >= 11 is 6.48. The second-order valence-electron chi connectivity index (χ2n) is 9.76. The number of ether oxygens (including phenoxy) is 4. The van der Waals surface area contributed by atoms with Crippen LogP contribution in [0.3, 0.4) is 0 Å². The van der Waals surface area contributed by atoms with Crippen LogP contribution in [0.15, 0.2) is 54.1 Å². The molecule has 4 rings (SSSR count). The molecular formula is C32H32ClN3O8. The minimum atomic E-state index is -0.917. The summed E-state index contributed by atoms with van der Waals surface area (Å²) in [5.74, 6) is -1.13. The molecule has 1 aliphatic rings. The molecule has 5 amide bonds. The average Bonchev–Trinajstić information content (AvgIpc) is 2.99. The predicted octanol–water partition coefficient (Wildman–Crippen LogP) is 5.45. The van der Waals surface area contributed by atoms with Gasteiger partial charge in [0.25, 0.3) is 17.7 Å². The third-order valence-electron chi connectivity index (χ3n) is 6.76. The lowest BCUT2D eigenvalue weighted by atomic mass is 10.1. The third-order valence-corrected chi connectivity index (χ3v) is 7.04. The first kappa shape index (κ1) is 31.9. The molecule has 2 N–H and O–H groups in total. The smallest absolute Gasteiger partial charge is 0.335 e. The van der Waals surface area contributed by atoms with Crippen molar-refractivity contribution in [2.24, 2.45) is 0 Å². The molecular weight excluding hydrogens is 590 g/mol. The SMILES string of the molecule is CCCOc1ccc(N2C(=O)NC(=O)/C(=C/c3cc(Cl)c(OCC(=O)Nc4cccc(C)c4C)c(OC)c3)C2=O)cc1OC. The quantitative estimate of drug-likeness (QED) is 0.213. The molecule has 12 heteroatoms. The number of aryl methyl sites for hydroxylation is 1. The highest BCUT2D eigenvalue weighted by Gasteiger charge is 2.37. The van der Waals surface area contributed by atoms with Crippen LogP contribution in [0.25, 0.3) is 6.08 Å². The Bertz CT molecular complexity index is 1650. The molecule has 230 valence electrons. The van der Waals surface area contributed by atoms with Crippen molar-refractivity contribution in [3.8, 4) is 23.0 Å². The summed E-state index contributed by atoms with van der Waals surface area (Å²) in [6, 6.07) is 12.2. The summed E-state index contributed by atoms with van der Waals surface area (Å²) in [6.07, 6.45) is 2.05. The minimum absolute atomic E-state index is 0.0692. The summed E-state index contributed by atoms with van der Waals surface area (Å²) in [4.78, 5) is 52.3. The van der Waals surface area contributed by atoms with Gasteiger partial charge in [0.2, 0.25) is 0 Å². The van der Waals surface area contributed by atoms with Crippen molar-refractivity contribution in [1.29, 1.82) is 0 Å². The van der Waals surface area contributed by atoms with E-state index < -0.39 is 23.8 Å². The summed E-state index contributed by atoms with van der Waals surface area (Å²) in [5, 5.41) is 5.06. The van der Waals surface area contributed by atoms with Crippen LogP contribution in [0.1, 0.15) is 30.0 Å². The summed E-state index contributed by atoms with van der Waals surface area (Å²) in [7, 11) is 2.82. The van der Waals surface area contributed by atoms with Gasteiger partial charge in [0.05, 0.1) is 31.5 Å². The second kappa shape index (κ2) is 14.0. The molecule has 1 saturated heterocycles. The Balaban J connectivity index is 1.57. The Kier molecular flexibility index (Phi) is 10.1. The largest absolute Gasteiger partial charge is 0.493 e. The van der Waals surface area contributed by atoms with E-state index in [-0.39, 0.29) is 34.4 Å². The number of barbiturate groups is 1. The van der Waals surface area contributed by atoms with Gasteiger partial charge in [0, 0.05) is 11.8 Å². The van der Waals surface area contributed by atoms with Crippen LogP contribution in [-0.2, 0) is 14.4 Å². The number of hydrogen-bond donors (Lipinski definition) is 2. The van der Waals surface area contributed by atoms with E-state index in [0.29, 0.717) is 29.4 Å². The lowest BCUT2D eigenvalue weighted by Gasteiger charge is -2.27. The predicted molar refractivity (Wildman–Crippen MR) is 166 cm³/mol. The van der Waals surface area contributed by atoms with E-state index in [4.69, 9.17) is 30.5 Å². The zero-order valence-electron chi connectivity index (χ0n) is 24.9. The van der Waals surface area contributed by atoms with Gasteiger partial charge >= 0.3 is 6.03 Å². The number of halogens is 1. The molecule has 0 aliphatic carbocycles. The van der Waals surface area contributed by atoms with Gasteiger partial charge in [-0.25, -0.2) is 9.69 Å². The highest BCUT2D eigenvalue weighted by Crippen LogP contribution is 2.38. The molecule has 0 aromatic heterocycles. The Morgan fingerprint density at radius 1 is 0.977 bits per heavy atom. The van der Waals surface area contributed by atoms with Crippen molar-refractivity contribution >= 4 is 52.8 Å². The zero-order valence-corrected chi connectivity index (χ0v) is 25.7. The molecule has 3 aromatic rings. The van der Waals surface area contributed by atoms with Crippen LogP contribution in [0.4, 0.5) is 16.2 Å². The van der Waals surface area contributed by atoms with E-state index in [1.807, 2.05) is 32.9 Å². The Morgan fingerprint density at radius 3 is 2.43 bits per heavy atom. The molecule has 11 nitrogen and oxygen atoms in total. The fourth-order valence-electron chi connectivity index (χ4n) is 4.36. The number of carbonyl (C=O) groups is 4. The van der Waals surface area contributed by atoms with Crippen LogP contribution in [0, 0.1) is 13.8 Å². The number of anilines is 2. The van der Waals surface area contributed by atoms with E-state index >= 15 is 0 Å². The van der Waals surface area contributed by atoms with Gasteiger partial charge in [-0.3, -0.25) is 19.7 Å². The van der Waals surface area contributed by atoms with Crippen molar-refractivity contribution in [3.63, 3.8) is 0 Å². The fourth-order valence-corrected chi connectivity index (χ4v) is 4.63. The average molecular weight is 622 g/mol. The maximum atomic E-state index is 13.5. The van der Waals surface area contributed by atoms with Crippen molar-refractivity contribution in [2.45, 2.75) is 27.2 Å². The number of imide groups is 2. The number of nitrogens with one attached hydrogen (secondary N) is 2. The zero-order chi connectivity index (χ0) is 32.0. The van der Waals surface area contributed by atoms with Gasteiger partial charge in [0.1, 0.15) is 5.57 Å². The molecule has 0 saturated carbocycles. The van der Waals surface area contributed by atoms with Crippen LogP contribution in [0.5, 0.6) is 23.0 Å².